The molecule has 0 unspecified atom stereocenters. The van der Waals surface area contributed by atoms with E-state index in [0.29, 0.717) is 0 Å². The molecule has 3 aromatic rings. The molecule has 1 aliphatic rings. The number of hydrogen-bond donors (Lipinski definition) is 1. The van der Waals surface area contributed by atoms with Crippen LogP contribution in [0.2, 0.25) is 0 Å². The van der Waals surface area contributed by atoms with Crippen LogP contribution in [-0.4, -0.2) is 43.9 Å². The Hall–Kier alpha value is -2.14. The van der Waals surface area contributed by atoms with Gasteiger partial charge in [0.25, 0.3) is 0 Å². The Morgan fingerprint density at radius 2 is 2.25 bits per heavy atom. The van der Waals surface area contributed by atoms with Crippen LogP contribution < -0.4 is 0 Å². The minimum absolute atomic E-state index is 0.899. The van der Waals surface area contributed by atoms with Gasteiger partial charge >= 0.3 is 0 Å². The topological polar surface area (TPSA) is 49.2 Å². The summed E-state index contributed by atoms with van der Waals surface area (Å²) in [4.78, 5) is 14.7. The SMILES string of the molecule is CCN1CC=C(c2ncn3c2cnc2[nH]ccc23)CC1. The number of fused-ring (bicyclic) bond motifs is 3. The molecule has 0 saturated heterocycles. The highest BCUT2D eigenvalue weighted by atomic mass is 15.1. The molecule has 0 bridgehead atoms. The number of hydrogen-bond acceptors (Lipinski definition) is 3. The molecule has 1 N–H and O–H groups in total. The van der Waals surface area contributed by atoms with Gasteiger partial charge in [-0.3, -0.25) is 9.30 Å². The maximum atomic E-state index is 4.62. The Labute approximate surface area is 116 Å². The van der Waals surface area contributed by atoms with E-state index in [4.69, 9.17) is 0 Å². The van der Waals surface area contributed by atoms with Crippen molar-refractivity contribution in [2.24, 2.45) is 0 Å². The zero-order chi connectivity index (χ0) is 13.5. The van der Waals surface area contributed by atoms with Crippen LogP contribution in [0.4, 0.5) is 0 Å². The van der Waals surface area contributed by atoms with Crippen LogP contribution in [0, 0.1) is 0 Å². The fraction of sp³-hybridized carbons (Fsp3) is 0.333. The fourth-order valence-corrected chi connectivity index (χ4v) is 2.91. The summed E-state index contributed by atoms with van der Waals surface area (Å²) in [5.41, 5.74) is 5.49. The van der Waals surface area contributed by atoms with Crippen LogP contribution in [-0.2, 0) is 0 Å². The smallest absolute Gasteiger partial charge is 0.154 e. The van der Waals surface area contributed by atoms with Crippen molar-refractivity contribution < 1.29 is 0 Å². The van der Waals surface area contributed by atoms with E-state index >= 15 is 0 Å². The lowest BCUT2D eigenvalue weighted by molar-refractivity contribution is 0.318. The van der Waals surface area contributed by atoms with Gasteiger partial charge in [0.15, 0.2) is 5.65 Å². The summed E-state index contributed by atoms with van der Waals surface area (Å²) in [5, 5.41) is 0. The first-order valence-electron chi connectivity index (χ1n) is 7.07. The number of nitrogens with zero attached hydrogens (tertiary/aromatic N) is 4. The molecule has 102 valence electrons. The van der Waals surface area contributed by atoms with Gasteiger partial charge < -0.3 is 4.98 Å². The van der Waals surface area contributed by atoms with Crippen molar-refractivity contribution in [3.63, 3.8) is 0 Å². The van der Waals surface area contributed by atoms with Crippen molar-refractivity contribution in [3.05, 3.63) is 36.6 Å². The van der Waals surface area contributed by atoms with Crippen molar-refractivity contribution in [2.45, 2.75) is 13.3 Å². The largest absolute Gasteiger partial charge is 0.345 e. The maximum Gasteiger partial charge on any atom is 0.154 e. The highest BCUT2D eigenvalue weighted by Crippen LogP contribution is 2.26. The fourth-order valence-electron chi connectivity index (χ4n) is 2.91. The Morgan fingerprint density at radius 1 is 1.30 bits per heavy atom. The summed E-state index contributed by atoms with van der Waals surface area (Å²) in [6.07, 6.45) is 9.09. The Bertz CT molecular complexity index is 795. The summed E-state index contributed by atoms with van der Waals surface area (Å²) in [6, 6.07) is 2.04. The van der Waals surface area contributed by atoms with Crippen LogP contribution >= 0.6 is 0 Å². The second-order valence-corrected chi connectivity index (χ2v) is 5.19. The average Bonchev–Trinajstić information content (AvgIpc) is 3.13. The molecule has 4 rings (SSSR count). The molecule has 0 aliphatic carbocycles. The van der Waals surface area contributed by atoms with Gasteiger partial charge in [-0.1, -0.05) is 13.0 Å². The molecule has 3 aromatic heterocycles. The number of imidazole rings is 1. The van der Waals surface area contributed by atoms with E-state index < -0.39 is 0 Å². The van der Waals surface area contributed by atoms with Gasteiger partial charge in [0.1, 0.15) is 6.33 Å². The molecular formula is C15H17N5. The van der Waals surface area contributed by atoms with E-state index in [-0.39, 0.29) is 0 Å². The monoisotopic (exact) mass is 267 g/mol. The number of likely N-dealkylation sites (N-methyl/N-ethyl adjacent to an activating group) is 1. The lowest BCUT2D eigenvalue weighted by Gasteiger charge is -2.24. The van der Waals surface area contributed by atoms with E-state index in [1.165, 1.54) is 5.57 Å². The number of H-pyrrole nitrogens is 1. The molecule has 0 atom stereocenters. The van der Waals surface area contributed by atoms with E-state index in [1.807, 2.05) is 24.8 Å². The summed E-state index contributed by atoms with van der Waals surface area (Å²) in [6.45, 7) is 5.45. The third-order valence-corrected chi connectivity index (χ3v) is 4.13. The standard InChI is InChI=1S/C15H17N5/c1-2-19-7-4-11(5-8-19)14-13-9-17-15-12(3-6-16-15)20(13)10-18-14/h3-4,6,9-10,16H,2,5,7-8H2,1H3. The Balaban J connectivity index is 1.83. The van der Waals surface area contributed by atoms with Crippen molar-refractivity contribution in [3.8, 4) is 0 Å². The lowest BCUT2D eigenvalue weighted by atomic mass is 10.0. The molecule has 5 nitrogen and oxygen atoms in total. The summed E-state index contributed by atoms with van der Waals surface area (Å²) < 4.78 is 2.11. The molecule has 4 heterocycles. The second-order valence-electron chi connectivity index (χ2n) is 5.19. The molecule has 0 spiro atoms. The normalized spacial score (nSPS) is 16.9. The summed E-state index contributed by atoms with van der Waals surface area (Å²) in [7, 11) is 0. The van der Waals surface area contributed by atoms with Crippen LogP contribution in [0.25, 0.3) is 22.3 Å². The highest BCUT2D eigenvalue weighted by Gasteiger charge is 2.16. The van der Waals surface area contributed by atoms with Crippen molar-refractivity contribution >= 4 is 22.3 Å². The van der Waals surface area contributed by atoms with Gasteiger partial charge in [-0.15, -0.1) is 0 Å². The summed E-state index contributed by atoms with van der Waals surface area (Å²) >= 11 is 0. The number of aromatic nitrogens is 4. The first kappa shape index (κ1) is 11.7. The Kier molecular flexibility index (Phi) is 2.60. The minimum atomic E-state index is 0.899. The average molecular weight is 267 g/mol. The van der Waals surface area contributed by atoms with Crippen molar-refractivity contribution in [2.75, 3.05) is 19.6 Å². The zero-order valence-electron chi connectivity index (χ0n) is 11.5. The molecule has 1 aliphatic heterocycles. The van der Waals surface area contributed by atoms with E-state index in [2.05, 4.69) is 37.3 Å². The molecule has 0 saturated carbocycles. The van der Waals surface area contributed by atoms with Crippen LogP contribution in [0.15, 0.2) is 30.9 Å². The molecular weight excluding hydrogens is 250 g/mol. The zero-order valence-corrected chi connectivity index (χ0v) is 11.5. The van der Waals surface area contributed by atoms with Crippen LogP contribution in [0.1, 0.15) is 19.0 Å². The number of rotatable bonds is 2. The van der Waals surface area contributed by atoms with Gasteiger partial charge in [-0.25, -0.2) is 9.97 Å². The maximum absolute atomic E-state index is 4.62. The quantitative estimate of drug-likeness (QED) is 0.775. The van der Waals surface area contributed by atoms with Crippen molar-refractivity contribution in [1.82, 2.24) is 24.3 Å². The van der Waals surface area contributed by atoms with Gasteiger partial charge in [-0.05, 0) is 24.6 Å². The first-order valence-corrected chi connectivity index (χ1v) is 7.07. The molecule has 0 fully saturated rings. The predicted octanol–water partition coefficient (Wildman–Crippen LogP) is 2.32. The van der Waals surface area contributed by atoms with Gasteiger partial charge in [0.05, 0.1) is 22.9 Å². The predicted molar refractivity (Wildman–Crippen MR) is 79.6 cm³/mol. The van der Waals surface area contributed by atoms with Crippen LogP contribution in [0.5, 0.6) is 0 Å². The lowest BCUT2D eigenvalue weighted by Crippen LogP contribution is -2.28. The van der Waals surface area contributed by atoms with Gasteiger partial charge in [0.2, 0.25) is 0 Å². The van der Waals surface area contributed by atoms with Gasteiger partial charge in [0, 0.05) is 19.3 Å². The molecule has 20 heavy (non-hydrogen) atoms. The van der Waals surface area contributed by atoms with E-state index in [0.717, 1.165) is 48.4 Å². The molecule has 0 aromatic carbocycles. The second kappa shape index (κ2) is 4.45. The first-order chi connectivity index (χ1) is 9.86. The highest BCUT2D eigenvalue weighted by molar-refractivity contribution is 5.82. The third-order valence-electron chi connectivity index (χ3n) is 4.13. The van der Waals surface area contributed by atoms with Gasteiger partial charge in [-0.2, -0.15) is 0 Å². The number of aromatic amines is 1. The number of nitrogens with one attached hydrogen (secondary N) is 1. The van der Waals surface area contributed by atoms with Crippen molar-refractivity contribution in [1.29, 1.82) is 0 Å². The third kappa shape index (κ3) is 1.67. The molecule has 0 amide bonds. The Morgan fingerprint density at radius 3 is 3.05 bits per heavy atom. The minimum Gasteiger partial charge on any atom is -0.345 e. The van der Waals surface area contributed by atoms with Crippen LogP contribution in [0.3, 0.4) is 0 Å². The summed E-state index contributed by atoms with van der Waals surface area (Å²) in [5.74, 6) is 0. The molecule has 5 heteroatoms. The van der Waals surface area contributed by atoms with E-state index in [1.54, 1.807) is 0 Å². The molecule has 0 radical (unpaired) electrons. The van der Waals surface area contributed by atoms with E-state index in [9.17, 15) is 0 Å².